The van der Waals surface area contributed by atoms with Gasteiger partial charge in [-0.1, -0.05) is 11.3 Å². The summed E-state index contributed by atoms with van der Waals surface area (Å²) in [5.41, 5.74) is 10.5. The van der Waals surface area contributed by atoms with Crippen LogP contribution in [0.4, 0.5) is 11.5 Å². The highest BCUT2D eigenvalue weighted by Gasteiger charge is 2.20. The van der Waals surface area contributed by atoms with Crippen LogP contribution < -0.4 is 20.5 Å². The molecule has 0 radical (unpaired) electrons. The number of rotatable bonds is 8. The van der Waals surface area contributed by atoms with Crippen molar-refractivity contribution >= 4 is 17.4 Å². The lowest BCUT2D eigenvalue weighted by Gasteiger charge is -2.09. The van der Waals surface area contributed by atoms with Crippen LogP contribution in [-0.4, -0.2) is 39.6 Å². The second-order valence-corrected chi connectivity index (χ2v) is 8.05. The summed E-state index contributed by atoms with van der Waals surface area (Å²) < 4.78 is 18.3. The number of anilines is 2. The van der Waals surface area contributed by atoms with E-state index in [1.807, 2.05) is 51.1 Å². The van der Waals surface area contributed by atoms with Crippen molar-refractivity contribution in [1.82, 2.24) is 20.0 Å². The number of amides is 1. The molecule has 0 saturated carbocycles. The first-order valence-electron chi connectivity index (χ1n) is 11.2. The lowest BCUT2D eigenvalue weighted by molar-refractivity contribution is 0.102. The Balaban J connectivity index is 1.53. The zero-order valence-corrected chi connectivity index (χ0v) is 20.4. The molecule has 0 atom stereocenters. The summed E-state index contributed by atoms with van der Waals surface area (Å²) in [4.78, 5) is 17.3. The molecule has 3 N–H and O–H groups in total. The number of hydrogen-bond donors (Lipinski definition) is 2. The summed E-state index contributed by atoms with van der Waals surface area (Å²) in [6, 6.07) is 11.1. The largest absolute Gasteiger partial charge is 0.493 e. The van der Waals surface area contributed by atoms with Crippen molar-refractivity contribution in [3.05, 3.63) is 64.7 Å². The van der Waals surface area contributed by atoms with Gasteiger partial charge in [0.2, 0.25) is 5.89 Å². The predicted octanol–water partition coefficient (Wildman–Crippen LogP) is 4.15. The molecular weight excluding hydrogens is 448 g/mol. The van der Waals surface area contributed by atoms with Gasteiger partial charge in [-0.3, -0.25) is 4.79 Å². The zero-order chi connectivity index (χ0) is 25.1. The average molecular weight is 477 g/mol. The van der Waals surface area contributed by atoms with Crippen molar-refractivity contribution < 1.29 is 18.7 Å². The monoisotopic (exact) mass is 476 g/mol. The fourth-order valence-corrected chi connectivity index (χ4v) is 3.52. The lowest BCUT2D eigenvalue weighted by Crippen LogP contribution is -2.15. The maximum atomic E-state index is 12.7. The van der Waals surface area contributed by atoms with Crippen LogP contribution >= 0.6 is 0 Å². The predicted molar refractivity (Wildman–Crippen MR) is 132 cm³/mol. The third-order valence-electron chi connectivity index (χ3n) is 5.66. The van der Waals surface area contributed by atoms with E-state index in [-0.39, 0.29) is 18.1 Å². The summed E-state index contributed by atoms with van der Waals surface area (Å²) in [6.07, 6.45) is 0. The molecule has 4 rings (SSSR count). The fraction of sp³-hybridized carbons (Fsp3) is 0.280. The van der Waals surface area contributed by atoms with Gasteiger partial charge in [-0.25, -0.2) is 9.67 Å². The maximum absolute atomic E-state index is 12.7. The van der Waals surface area contributed by atoms with Crippen molar-refractivity contribution in [3.63, 3.8) is 0 Å². The van der Waals surface area contributed by atoms with Crippen molar-refractivity contribution in [3.8, 4) is 23.0 Å². The molecule has 35 heavy (non-hydrogen) atoms. The van der Waals surface area contributed by atoms with Gasteiger partial charge in [0.15, 0.2) is 23.0 Å². The summed E-state index contributed by atoms with van der Waals surface area (Å²) in [7, 11) is 1.58. The number of aryl methyl sites for hydroxylation is 3. The number of nitrogens with two attached hydrogens (primary N) is 1. The maximum Gasteiger partial charge on any atom is 0.280 e. The highest BCUT2D eigenvalue weighted by molar-refractivity contribution is 6.05. The number of ether oxygens (including phenoxy) is 2. The van der Waals surface area contributed by atoms with E-state index in [1.165, 1.54) is 4.68 Å². The van der Waals surface area contributed by atoms with Crippen LogP contribution in [-0.2, 0) is 6.54 Å². The smallest absolute Gasteiger partial charge is 0.280 e. The number of carbonyl (C=O) groups excluding carboxylic acids is 1. The topological polar surface area (TPSA) is 130 Å². The normalized spacial score (nSPS) is 10.9. The van der Waals surface area contributed by atoms with Crippen LogP contribution in [0.3, 0.4) is 0 Å². The van der Waals surface area contributed by atoms with Gasteiger partial charge in [0.1, 0.15) is 11.5 Å². The van der Waals surface area contributed by atoms with Crippen LogP contribution in [0.1, 0.15) is 40.0 Å². The minimum absolute atomic E-state index is 0.0425. The molecule has 0 unspecified atom stereocenters. The number of oxazole rings is 1. The van der Waals surface area contributed by atoms with Crippen LogP contribution in [0.25, 0.3) is 11.5 Å². The van der Waals surface area contributed by atoms with Crippen molar-refractivity contribution in [2.24, 2.45) is 0 Å². The van der Waals surface area contributed by atoms with Crippen LogP contribution in [0.5, 0.6) is 11.5 Å². The fourth-order valence-electron chi connectivity index (χ4n) is 3.52. The third-order valence-corrected chi connectivity index (χ3v) is 5.66. The van der Waals surface area contributed by atoms with Crippen LogP contribution in [0.2, 0.25) is 0 Å². The minimum atomic E-state index is -0.434. The van der Waals surface area contributed by atoms with E-state index in [1.54, 1.807) is 20.1 Å². The van der Waals surface area contributed by atoms with Gasteiger partial charge >= 0.3 is 0 Å². The molecule has 2 heterocycles. The molecule has 10 nitrogen and oxygen atoms in total. The highest BCUT2D eigenvalue weighted by atomic mass is 16.5. The average Bonchev–Trinajstić information content (AvgIpc) is 3.39. The van der Waals surface area contributed by atoms with Gasteiger partial charge in [0.05, 0.1) is 20.3 Å². The van der Waals surface area contributed by atoms with Crippen LogP contribution in [0, 0.1) is 20.8 Å². The first kappa shape index (κ1) is 23.8. The van der Waals surface area contributed by atoms with E-state index in [4.69, 9.17) is 19.6 Å². The Labute approximate surface area is 203 Å². The standard InChI is InChI=1S/C25H28N6O4/c1-6-34-20-10-8-17(12-21(20)33-5)25-28-19(16(4)35-25)13-31-23(26)22(29-30-31)24(32)27-18-9-7-14(2)15(3)11-18/h7-12H,6,13,26H2,1-5H3,(H,27,32). The molecular formula is C25H28N6O4. The third kappa shape index (κ3) is 4.96. The van der Waals surface area contributed by atoms with E-state index >= 15 is 0 Å². The molecule has 0 aliphatic rings. The number of hydrogen-bond acceptors (Lipinski definition) is 8. The molecule has 2 aromatic carbocycles. The van der Waals surface area contributed by atoms with Gasteiger partial charge in [-0.2, -0.15) is 0 Å². The molecule has 10 heteroatoms. The number of nitrogens with zero attached hydrogens (tertiary/aromatic N) is 4. The first-order valence-corrected chi connectivity index (χ1v) is 11.2. The van der Waals surface area contributed by atoms with E-state index in [2.05, 4.69) is 20.6 Å². The quantitative estimate of drug-likeness (QED) is 0.388. The molecule has 0 fully saturated rings. The molecule has 1 amide bonds. The van der Waals surface area contributed by atoms with Gasteiger partial charge in [-0.15, -0.1) is 5.10 Å². The second kappa shape index (κ2) is 9.88. The second-order valence-electron chi connectivity index (χ2n) is 8.05. The number of carbonyl (C=O) groups is 1. The Morgan fingerprint density at radius 3 is 2.63 bits per heavy atom. The number of benzene rings is 2. The van der Waals surface area contributed by atoms with Gasteiger partial charge in [0, 0.05) is 11.3 Å². The Morgan fingerprint density at radius 2 is 1.91 bits per heavy atom. The van der Waals surface area contributed by atoms with Crippen LogP contribution in [0.15, 0.2) is 40.8 Å². The molecule has 0 aliphatic carbocycles. The van der Waals surface area contributed by atoms with Crippen molar-refractivity contribution in [1.29, 1.82) is 0 Å². The van der Waals surface area contributed by atoms with Crippen molar-refractivity contribution in [2.75, 3.05) is 24.8 Å². The number of aromatic nitrogens is 4. The van der Waals surface area contributed by atoms with E-state index < -0.39 is 5.91 Å². The number of nitrogen functional groups attached to an aromatic ring is 1. The van der Waals surface area contributed by atoms with Gasteiger partial charge < -0.3 is 24.9 Å². The Morgan fingerprint density at radius 1 is 1.11 bits per heavy atom. The van der Waals surface area contributed by atoms with Gasteiger partial charge in [-0.05, 0) is 69.2 Å². The Hall–Kier alpha value is -4.34. The molecule has 0 aliphatic heterocycles. The Kier molecular flexibility index (Phi) is 6.72. The molecule has 4 aromatic rings. The molecule has 2 aromatic heterocycles. The first-order chi connectivity index (χ1) is 16.8. The molecule has 182 valence electrons. The Bertz CT molecular complexity index is 1370. The minimum Gasteiger partial charge on any atom is -0.493 e. The summed E-state index contributed by atoms with van der Waals surface area (Å²) in [5, 5.41) is 10.8. The number of methoxy groups -OCH3 is 1. The zero-order valence-electron chi connectivity index (χ0n) is 20.4. The van der Waals surface area contributed by atoms with Gasteiger partial charge in [0.25, 0.3) is 5.91 Å². The summed E-state index contributed by atoms with van der Waals surface area (Å²) >= 11 is 0. The van der Waals surface area contributed by atoms with E-state index in [0.717, 1.165) is 16.7 Å². The summed E-state index contributed by atoms with van der Waals surface area (Å²) in [5.74, 6) is 1.95. The summed E-state index contributed by atoms with van der Waals surface area (Å²) in [6.45, 7) is 8.42. The SMILES string of the molecule is CCOc1ccc(-c2nc(Cn3nnc(C(=O)Nc4ccc(C)c(C)c4)c3N)c(C)o2)cc1OC. The van der Waals surface area contributed by atoms with E-state index in [9.17, 15) is 4.79 Å². The van der Waals surface area contributed by atoms with Crippen molar-refractivity contribution in [2.45, 2.75) is 34.2 Å². The van der Waals surface area contributed by atoms with E-state index in [0.29, 0.717) is 41.1 Å². The molecule has 0 spiro atoms. The number of nitrogens with one attached hydrogen (secondary N) is 1. The lowest BCUT2D eigenvalue weighted by atomic mass is 10.1. The molecule has 0 bridgehead atoms. The molecule has 0 saturated heterocycles. The highest BCUT2D eigenvalue weighted by Crippen LogP contribution is 2.33.